The highest BCUT2D eigenvalue weighted by molar-refractivity contribution is 6.37. The quantitative estimate of drug-likeness (QED) is 0.465. The van der Waals surface area contributed by atoms with E-state index >= 15 is 0 Å². The Hall–Kier alpha value is -2.81. The molecule has 3 aromatic rings. The van der Waals surface area contributed by atoms with Gasteiger partial charge in [0.15, 0.2) is 0 Å². The van der Waals surface area contributed by atoms with Gasteiger partial charge in [-0.2, -0.15) is 5.10 Å². The molecule has 1 aromatic carbocycles. The monoisotopic (exact) mass is 504 g/mol. The second kappa shape index (κ2) is 10.6. The molecule has 1 saturated heterocycles. The number of methoxy groups -OCH3 is 2. The van der Waals surface area contributed by atoms with Crippen LogP contribution in [0, 0.1) is 5.92 Å². The highest BCUT2D eigenvalue weighted by Gasteiger charge is 2.27. The fraction of sp³-hybridized carbons (Fsp3) is 0.375. The van der Waals surface area contributed by atoms with Gasteiger partial charge < -0.3 is 19.5 Å². The lowest BCUT2D eigenvalue weighted by Crippen LogP contribution is -2.45. The minimum absolute atomic E-state index is 0.0202. The summed E-state index contributed by atoms with van der Waals surface area (Å²) in [6.07, 6.45) is 4.44. The maximum absolute atomic E-state index is 11.8. The van der Waals surface area contributed by atoms with E-state index < -0.39 is 0 Å². The van der Waals surface area contributed by atoms with Gasteiger partial charge in [-0.1, -0.05) is 29.8 Å². The number of pyridine rings is 1. The maximum atomic E-state index is 11.8. The van der Waals surface area contributed by atoms with Gasteiger partial charge in [-0.3, -0.25) is 9.48 Å². The van der Waals surface area contributed by atoms with Crippen molar-refractivity contribution in [1.29, 1.82) is 0 Å². The molecule has 180 valence electrons. The number of amides is 1. The lowest BCUT2D eigenvalue weighted by atomic mass is 9.91. The zero-order chi connectivity index (χ0) is 24.2. The Labute approximate surface area is 207 Å². The third-order valence-electron chi connectivity index (χ3n) is 5.99. The van der Waals surface area contributed by atoms with Crippen LogP contribution in [-0.4, -0.2) is 54.1 Å². The van der Waals surface area contributed by atoms with Gasteiger partial charge in [0, 0.05) is 35.9 Å². The summed E-state index contributed by atoms with van der Waals surface area (Å²) in [6.45, 7) is 5.05. The zero-order valence-electron chi connectivity index (χ0n) is 19.0. The number of hydrogen-bond acceptors (Lipinski definition) is 6. The average Bonchev–Trinajstić information content (AvgIpc) is 3.25. The molecule has 3 heterocycles. The number of hydrogen-bond donors (Lipinski definition) is 1. The van der Waals surface area contributed by atoms with E-state index in [1.165, 1.54) is 20.3 Å². The topological polar surface area (TPSA) is 87.5 Å². The van der Waals surface area contributed by atoms with Gasteiger partial charge in [0.2, 0.25) is 5.91 Å². The van der Waals surface area contributed by atoms with Gasteiger partial charge in [-0.15, -0.1) is 0 Å². The molecule has 34 heavy (non-hydrogen) atoms. The number of nitrogens with zero attached hydrogens (tertiary/aromatic N) is 3. The van der Waals surface area contributed by atoms with E-state index in [1.54, 1.807) is 16.9 Å². The van der Waals surface area contributed by atoms with Gasteiger partial charge in [-0.25, -0.2) is 4.98 Å². The summed E-state index contributed by atoms with van der Waals surface area (Å²) >= 11 is 13.1. The van der Waals surface area contributed by atoms with Crippen molar-refractivity contribution >= 4 is 40.1 Å². The molecule has 0 aliphatic carbocycles. The summed E-state index contributed by atoms with van der Waals surface area (Å²) in [5.74, 6) is 0.901. The van der Waals surface area contributed by atoms with E-state index in [4.69, 9.17) is 42.4 Å². The Morgan fingerprint density at radius 2 is 2.03 bits per heavy atom. The van der Waals surface area contributed by atoms with E-state index in [1.807, 2.05) is 12.1 Å². The standard InChI is InChI=1S/C24H26Cl2N4O4/c1-4-22(31)29-17-7-8-34-13-14(17)9-15-5-6-19-18(28-15)11-27-30(19)12-16-23(25)20(32-2)10-21(33-3)24(16)26/h4-6,10-11,14,17H,1,7-9,12-13H2,2-3H3,(H,29,31). The molecule has 1 aliphatic rings. The van der Waals surface area contributed by atoms with Crippen LogP contribution in [0.2, 0.25) is 10.0 Å². The SMILES string of the molecule is C=CC(=O)NC1CCOCC1Cc1ccc2c(cnn2Cc2c(Cl)c(OC)cc(OC)c2Cl)n1. The molecule has 1 fully saturated rings. The second-order valence-corrected chi connectivity index (χ2v) is 8.80. The summed E-state index contributed by atoms with van der Waals surface area (Å²) < 4.78 is 18.2. The molecule has 2 atom stereocenters. The van der Waals surface area contributed by atoms with Gasteiger partial charge in [-0.05, 0) is 31.1 Å². The molecule has 0 radical (unpaired) electrons. The molecule has 0 saturated carbocycles. The minimum Gasteiger partial charge on any atom is -0.495 e. The third-order valence-corrected chi connectivity index (χ3v) is 6.82. The summed E-state index contributed by atoms with van der Waals surface area (Å²) in [7, 11) is 3.08. The van der Waals surface area contributed by atoms with Gasteiger partial charge in [0.25, 0.3) is 0 Å². The number of nitrogens with one attached hydrogen (secondary N) is 1. The predicted octanol–water partition coefficient (Wildman–Crippen LogP) is 4.05. The Balaban J connectivity index is 1.57. The van der Waals surface area contributed by atoms with Gasteiger partial charge >= 0.3 is 0 Å². The van der Waals surface area contributed by atoms with Crippen LogP contribution in [0.25, 0.3) is 11.0 Å². The van der Waals surface area contributed by atoms with E-state index in [2.05, 4.69) is 17.0 Å². The summed E-state index contributed by atoms with van der Waals surface area (Å²) in [5.41, 5.74) is 3.14. The van der Waals surface area contributed by atoms with Crippen molar-refractivity contribution in [3.8, 4) is 11.5 Å². The first-order chi connectivity index (χ1) is 16.4. The highest BCUT2D eigenvalue weighted by Crippen LogP contribution is 2.40. The Morgan fingerprint density at radius 1 is 1.29 bits per heavy atom. The largest absolute Gasteiger partial charge is 0.495 e. The van der Waals surface area contributed by atoms with Crippen molar-refractivity contribution in [3.63, 3.8) is 0 Å². The minimum atomic E-state index is -0.173. The summed E-state index contributed by atoms with van der Waals surface area (Å²) in [6, 6.07) is 5.62. The van der Waals surface area contributed by atoms with Gasteiger partial charge in [0.05, 0.1) is 49.1 Å². The van der Waals surface area contributed by atoms with Crippen LogP contribution in [0.5, 0.6) is 11.5 Å². The second-order valence-electron chi connectivity index (χ2n) is 8.04. The lowest BCUT2D eigenvalue weighted by molar-refractivity contribution is -0.118. The smallest absolute Gasteiger partial charge is 0.243 e. The van der Waals surface area contributed by atoms with E-state index in [-0.39, 0.29) is 17.9 Å². The molecule has 1 aliphatic heterocycles. The van der Waals surface area contributed by atoms with Crippen LogP contribution >= 0.6 is 23.2 Å². The number of rotatable bonds is 8. The van der Waals surface area contributed by atoms with Crippen LogP contribution in [0.3, 0.4) is 0 Å². The van der Waals surface area contributed by atoms with Crippen molar-refractivity contribution < 1.29 is 19.0 Å². The lowest BCUT2D eigenvalue weighted by Gasteiger charge is -2.31. The number of aromatic nitrogens is 3. The number of benzene rings is 1. The number of fused-ring (bicyclic) bond motifs is 1. The Kier molecular flexibility index (Phi) is 7.60. The first-order valence-corrected chi connectivity index (χ1v) is 11.6. The number of halogens is 2. The van der Waals surface area contributed by atoms with Crippen molar-refractivity contribution in [2.45, 2.75) is 25.4 Å². The molecule has 8 nitrogen and oxygen atoms in total. The molecular weight excluding hydrogens is 479 g/mol. The van der Waals surface area contributed by atoms with Crippen LogP contribution in [0.15, 0.2) is 37.1 Å². The molecule has 0 bridgehead atoms. The Morgan fingerprint density at radius 3 is 2.71 bits per heavy atom. The van der Waals surface area contributed by atoms with Crippen molar-refractivity contribution in [3.05, 3.63) is 58.4 Å². The van der Waals surface area contributed by atoms with Crippen LogP contribution in [0.1, 0.15) is 17.7 Å². The molecule has 1 N–H and O–H groups in total. The molecule has 2 aromatic heterocycles. The van der Waals surface area contributed by atoms with E-state index in [0.717, 1.165) is 23.1 Å². The molecule has 4 rings (SSSR count). The molecule has 10 heteroatoms. The molecule has 2 unspecified atom stereocenters. The van der Waals surface area contributed by atoms with Crippen molar-refractivity contribution in [1.82, 2.24) is 20.1 Å². The van der Waals surface area contributed by atoms with Crippen LogP contribution < -0.4 is 14.8 Å². The maximum Gasteiger partial charge on any atom is 0.243 e. The van der Waals surface area contributed by atoms with Gasteiger partial charge in [0.1, 0.15) is 17.0 Å². The van der Waals surface area contributed by atoms with E-state index in [0.29, 0.717) is 53.3 Å². The molecule has 1 amide bonds. The zero-order valence-corrected chi connectivity index (χ0v) is 20.5. The molecule has 0 spiro atoms. The number of ether oxygens (including phenoxy) is 3. The summed E-state index contributed by atoms with van der Waals surface area (Å²) in [5, 5.41) is 8.33. The third kappa shape index (κ3) is 4.99. The first kappa shape index (κ1) is 24.3. The van der Waals surface area contributed by atoms with E-state index in [9.17, 15) is 4.79 Å². The normalized spacial score (nSPS) is 18.0. The number of carbonyl (C=O) groups is 1. The first-order valence-electron chi connectivity index (χ1n) is 10.9. The average molecular weight is 505 g/mol. The fourth-order valence-electron chi connectivity index (χ4n) is 4.17. The number of carbonyl (C=O) groups excluding carboxylic acids is 1. The Bertz CT molecular complexity index is 1190. The van der Waals surface area contributed by atoms with Crippen molar-refractivity contribution in [2.75, 3.05) is 27.4 Å². The predicted molar refractivity (Wildman–Crippen MR) is 131 cm³/mol. The highest BCUT2D eigenvalue weighted by atomic mass is 35.5. The fourth-order valence-corrected chi connectivity index (χ4v) is 4.79. The summed E-state index contributed by atoms with van der Waals surface area (Å²) in [4.78, 5) is 16.6. The van der Waals surface area contributed by atoms with Crippen molar-refractivity contribution in [2.24, 2.45) is 5.92 Å². The van der Waals surface area contributed by atoms with Crippen LogP contribution in [-0.2, 0) is 22.5 Å². The molecular formula is C24H26Cl2N4O4. The van der Waals surface area contributed by atoms with Crippen LogP contribution in [0.4, 0.5) is 0 Å².